The average Bonchev–Trinajstić information content (AvgIpc) is 2.38. The molecule has 0 spiro atoms. The van der Waals surface area contributed by atoms with Crippen molar-refractivity contribution in [2.24, 2.45) is 0 Å². The van der Waals surface area contributed by atoms with E-state index in [1.54, 1.807) is 0 Å². The van der Waals surface area contributed by atoms with E-state index < -0.39 is 9.84 Å². The summed E-state index contributed by atoms with van der Waals surface area (Å²) < 4.78 is 28.9. The predicted molar refractivity (Wildman–Crippen MR) is 84.3 cm³/mol. The Morgan fingerprint density at radius 2 is 2.00 bits per heavy atom. The highest BCUT2D eigenvalue weighted by atomic mass is 32.2. The normalized spacial score (nSPS) is 12.9. The number of benzene rings is 1. The third-order valence-electron chi connectivity index (χ3n) is 3.00. The SMILES string of the molecule is CCCS(=O)(=O)CCNc1cccc(OC(C)CC)c1. The number of hydrogen-bond acceptors (Lipinski definition) is 4. The molecule has 0 heterocycles. The van der Waals surface area contributed by atoms with Gasteiger partial charge in [-0.2, -0.15) is 0 Å². The van der Waals surface area contributed by atoms with Gasteiger partial charge in [-0.3, -0.25) is 0 Å². The Morgan fingerprint density at radius 3 is 2.65 bits per heavy atom. The highest BCUT2D eigenvalue weighted by molar-refractivity contribution is 7.91. The monoisotopic (exact) mass is 299 g/mol. The molecule has 0 aliphatic heterocycles. The van der Waals surface area contributed by atoms with Gasteiger partial charge in [-0.05, 0) is 31.9 Å². The minimum Gasteiger partial charge on any atom is -0.491 e. The van der Waals surface area contributed by atoms with Crippen molar-refractivity contribution in [3.05, 3.63) is 24.3 Å². The Kier molecular flexibility index (Phi) is 6.85. The van der Waals surface area contributed by atoms with Crippen LogP contribution < -0.4 is 10.1 Å². The van der Waals surface area contributed by atoms with Crippen LogP contribution in [-0.4, -0.2) is 32.6 Å². The summed E-state index contributed by atoms with van der Waals surface area (Å²) in [5.74, 6) is 1.23. The van der Waals surface area contributed by atoms with E-state index in [1.807, 2.05) is 38.1 Å². The third-order valence-corrected chi connectivity index (χ3v) is 4.86. The van der Waals surface area contributed by atoms with E-state index in [1.165, 1.54) is 0 Å². The molecule has 0 radical (unpaired) electrons. The van der Waals surface area contributed by atoms with Gasteiger partial charge < -0.3 is 10.1 Å². The van der Waals surface area contributed by atoms with E-state index in [2.05, 4.69) is 12.2 Å². The lowest BCUT2D eigenvalue weighted by Gasteiger charge is -2.14. The summed E-state index contributed by atoms with van der Waals surface area (Å²) >= 11 is 0. The summed E-state index contributed by atoms with van der Waals surface area (Å²) in [4.78, 5) is 0. The van der Waals surface area contributed by atoms with E-state index in [0.29, 0.717) is 13.0 Å². The molecular weight excluding hydrogens is 274 g/mol. The minimum absolute atomic E-state index is 0.164. The molecule has 0 aromatic heterocycles. The maximum absolute atomic E-state index is 11.6. The predicted octanol–water partition coefficient (Wildman–Crippen LogP) is 3.10. The third kappa shape index (κ3) is 6.28. The summed E-state index contributed by atoms with van der Waals surface area (Å²) in [5.41, 5.74) is 0.887. The van der Waals surface area contributed by atoms with Gasteiger partial charge in [0, 0.05) is 24.1 Å². The van der Waals surface area contributed by atoms with Crippen LogP contribution in [0.15, 0.2) is 24.3 Å². The number of anilines is 1. The molecule has 0 saturated carbocycles. The van der Waals surface area contributed by atoms with Crippen LogP contribution in [-0.2, 0) is 9.84 Å². The first-order valence-electron chi connectivity index (χ1n) is 7.18. The number of nitrogens with one attached hydrogen (secondary N) is 1. The van der Waals surface area contributed by atoms with Gasteiger partial charge in [0.1, 0.15) is 5.75 Å². The standard InChI is InChI=1S/C15H25NO3S/c1-4-10-20(17,18)11-9-16-14-7-6-8-15(12-14)19-13(3)5-2/h6-8,12-13,16H,4-5,9-11H2,1-3H3. The van der Waals surface area contributed by atoms with E-state index in [-0.39, 0.29) is 17.6 Å². The lowest BCUT2D eigenvalue weighted by molar-refractivity contribution is 0.217. The van der Waals surface area contributed by atoms with E-state index >= 15 is 0 Å². The van der Waals surface area contributed by atoms with Gasteiger partial charge >= 0.3 is 0 Å². The lowest BCUT2D eigenvalue weighted by atomic mass is 10.3. The van der Waals surface area contributed by atoms with Crippen molar-refractivity contribution in [1.29, 1.82) is 0 Å². The first kappa shape index (κ1) is 16.8. The van der Waals surface area contributed by atoms with Gasteiger partial charge in [-0.1, -0.05) is 19.9 Å². The van der Waals surface area contributed by atoms with Crippen LogP contribution >= 0.6 is 0 Å². The zero-order valence-corrected chi connectivity index (χ0v) is 13.4. The summed E-state index contributed by atoms with van der Waals surface area (Å²) in [6.45, 7) is 6.40. The Morgan fingerprint density at radius 1 is 1.25 bits per heavy atom. The van der Waals surface area contributed by atoms with Crippen molar-refractivity contribution in [3.8, 4) is 5.75 Å². The molecule has 0 bridgehead atoms. The number of hydrogen-bond donors (Lipinski definition) is 1. The Balaban J connectivity index is 2.50. The van der Waals surface area contributed by atoms with Crippen molar-refractivity contribution >= 4 is 15.5 Å². The van der Waals surface area contributed by atoms with Crippen LogP contribution in [0.2, 0.25) is 0 Å². The van der Waals surface area contributed by atoms with E-state index in [9.17, 15) is 8.42 Å². The van der Waals surface area contributed by atoms with Crippen LogP contribution in [0.5, 0.6) is 5.75 Å². The van der Waals surface area contributed by atoms with E-state index in [4.69, 9.17) is 4.74 Å². The Hall–Kier alpha value is -1.23. The van der Waals surface area contributed by atoms with Crippen molar-refractivity contribution in [3.63, 3.8) is 0 Å². The van der Waals surface area contributed by atoms with E-state index in [0.717, 1.165) is 17.9 Å². The zero-order chi connectivity index (χ0) is 15.0. The topological polar surface area (TPSA) is 55.4 Å². The Bertz CT molecular complexity index is 500. The summed E-state index contributed by atoms with van der Waals surface area (Å²) in [7, 11) is -2.93. The molecule has 0 aliphatic rings. The molecule has 1 aromatic rings. The first-order chi connectivity index (χ1) is 9.46. The smallest absolute Gasteiger partial charge is 0.152 e. The molecule has 1 N–H and O–H groups in total. The van der Waals surface area contributed by atoms with Crippen LogP contribution in [0, 0.1) is 0 Å². The van der Waals surface area contributed by atoms with Gasteiger partial charge in [0.15, 0.2) is 9.84 Å². The maximum atomic E-state index is 11.6. The molecular formula is C15H25NO3S. The summed E-state index contributed by atoms with van der Waals surface area (Å²) in [5, 5.41) is 3.13. The fourth-order valence-electron chi connectivity index (χ4n) is 1.76. The van der Waals surface area contributed by atoms with Crippen molar-refractivity contribution < 1.29 is 13.2 Å². The highest BCUT2D eigenvalue weighted by Crippen LogP contribution is 2.19. The van der Waals surface area contributed by atoms with Gasteiger partial charge in [-0.25, -0.2) is 8.42 Å². The summed E-state index contributed by atoms with van der Waals surface area (Å²) in [6, 6.07) is 7.63. The molecule has 0 saturated heterocycles. The maximum Gasteiger partial charge on any atom is 0.152 e. The molecule has 4 nitrogen and oxygen atoms in total. The van der Waals surface area contributed by atoms with Gasteiger partial charge in [0.25, 0.3) is 0 Å². The molecule has 0 fully saturated rings. The molecule has 20 heavy (non-hydrogen) atoms. The second-order valence-corrected chi connectivity index (χ2v) is 7.25. The van der Waals surface area contributed by atoms with Gasteiger partial charge in [-0.15, -0.1) is 0 Å². The van der Waals surface area contributed by atoms with Crippen molar-refractivity contribution in [2.45, 2.75) is 39.7 Å². The van der Waals surface area contributed by atoms with Crippen LogP contribution in [0.25, 0.3) is 0 Å². The average molecular weight is 299 g/mol. The fourth-order valence-corrected chi connectivity index (χ4v) is 3.00. The van der Waals surface area contributed by atoms with Gasteiger partial charge in [0.2, 0.25) is 0 Å². The quantitative estimate of drug-likeness (QED) is 0.761. The Labute approximate surface area is 122 Å². The molecule has 5 heteroatoms. The lowest BCUT2D eigenvalue weighted by Crippen LogP contribution is -2.18. The number of rotatable bonds is 9. The molecule has 1 rings (SSSR count). The van der Waals surface area contributed by atoms with Crippen molar-refractivity contribution in [2.75, 3.05) is 23.4 Å². The minimum atomic E-state index is -2.93. The summed E-state index contributed by atoms with van der Waals surface area (Å²) in [6.07, 6.45) is 1.79. The second-order valence-electron chi connectivity index (χ2n) is 4.94. The molecule has 0 amide bonds. The molecule has 1 atom stereocenters. The molecule has 0 aliphatic carbocycles. The second kappa shape index (κ2) is 8.15. The highest BCUT2D eigenvalue weighted by Gasteiger charge is 2.08. The molecule has 1 unspecified atom stereocenters. The zero-order valence-electron chi connectivity index (χ0n) is 12.6. The fraction of sp³-hybridized carbons (Fsp3) is 0.600. The van der Waals surface area contributed by atoms with Crippen LogP contribution in [0.1, 0.15) is 33.6 Å². The largest absolute Gasteiger partial charge is 0.491 e. The van der Waals surface area contributed by atoms with Gasteiger partial charge in [0.05, 0.1) is 11.9 Å². The number of ether oxygens (including phenoxy) is 1. The van der Waals surface area contributed by atoms with Crippen molar-refractivity contribution in [1.82, 2.24) is 0 Å². The van der Waals surface area contributed by atoms with Crippen LogP contribution in [0.4, 0.5) is 5.69 Å². The first-order valence-corrected chi connectivity index (χ1v) is 9.00. The molecule has 1 aromatic carbocycles. The number of sulfone groups is 1. The van der Waals surface area contributed by atoms with Crippen LogP contribution in [0.3, 0.4) is 0 Å². The molecule has 114 valence electrons.